The molecule has 1 rings (SSSR count). The fourth-order valence-electron chi connectivity index (χ4n) is 1.36. The van der Waals surface area contributed by atoms with E-state index in [9.17, 15) is 0 Å². The van der Waals surface area contributed by atoms with Crippen LogP contribution in [0.2, 0.25) is 0 Å². The molecule has 1 aromatic rings. The van der Waals surface area contributed by atoms with Gasteiger partial charge in [0.1, 0.15) is 5.82 Å². The van der Waals surface area contributed by atoms with Gasteiger partial charge < -0.3 is 5.32 Å². The van der Waals surface area contributed by atoms with Crippen molar-refractivity contribution in [2.45, 2.75) is 33.6 Å². The maximum atomic E-state index is 4.25. The van der Waals surface area contributed by atoms with Crippen LogP contribution in [0.3, 0.4) is 0 Å². The zero-order valence-electron chi connectivity index (χ0n) is 9.38. The number of hydrogen-bond donors (Lipinski definition) is 1. The summed E-state index contributed by atoms with van der Waals surface area (Å²) >= 11 is 0. The van der Waals surface area contributed by atoms with Gasteiger partial charge in [0.2, 0.25) is 0 Å². The number of pyridine rings is 1. The Labute approximate surface area is 86.8 Å². The van der Waals surface area contributed by atoms with Crippen LogP contribution in [0.25, 0.3) is 0 Å². The maximum absolute atomic E-state index is 4.25. The van der Waals surface area contributed by atoms with Crippen molar-refractivity contribution in [3.05, 3.63) is 23.9 Å². The minimum absolute atomic E-state index is 0.794. The lowest BCUT2D eigenvalue weighted by Gasteiger charge is -2.07. The second-order valence-corrected chi connectivity index (χ2v) is 4.18. The van der Waals surface area contributed by atoms with Gasteiger partial charge in [0, 0.05) is 12.7 Å². The third kappa shape index (κ3) is 4.26. The normalized spacial score (nSPS) is 10.6. The molecule has 0 atom stereocenters. The Balaban J connectivity index is 2.25. The smallest absolute Gasteiger partial charge is 0.126 e. The first-order chi connectivity index (χ1) is 6.68. The van der Waals surface area contributed by atoms with Crippen molar-refractivity contribution in [3.63, 3.8) is 0 Å². The molecule has 0 unspecified atom stereocenters. The van der Waals surface area contributed by atoms with Gasteiger partial charge in [-0.2, -0.15) is 0 Å². The molecule has 1 aromatic heterocycles. The molecule has 0 saturated heterocycles. The van der Waals surface area contributed by atoms with E-state index in [1.807, 2.05) is 12.3 Å². The van der Waals surface area contributed by atoms with Gasteiger partial charge in [-0.15, -0.1) is 0 Å². The second-order valence-electron chi connectivity index (χ2n) is 4.18. The highest BCUT2D eigenvalue weighted by molar-refractivity contribution is 5.36. The van der Waals surface area contributed by atoms with E-state index >= 15 is 0 Å². The Morgan fingerprint density at radius 3 is 2.86 bits per heavy atom. The van der Waals surface area contributed by atoms with E-state index in [1.165, 1.54) is 18.4 Å². The van der Waals surface area contributed by atoms with Gasteiger partial charge in [-0.05, 0) is 43.4 Å². The molecule has 2 heteroatoms. The topological polar surface area (TPSA) is 24.9 Å². The summed E-state index contributed by atoms with van der Waals surface area (Å²) in [5.74, 6) is 1.79. The first-order valence-electron chi connectivity index (χ1n) is 5.35. The van der Waals surface area contributed by atoms with Crippen molar-refractivity contribution < 1.29 is 0 Å². The van der Waals surface area contributed by atoms with Gasteiger partial charge in [0.25, 0.3) is 0 Å². The monoisotopic (exact) mass is 192 g/mol. The minimum Gasteiger partial charge on any atom is -0.370 e. The first-order valence-corrected chi connectivity index (χ1v) is 5.35. The summed E-state index contributed by atoms with van der Waals surface area (Å²) in [7, 11) is 0. The summed E-state index contributed by atoms with van der Waals surface area (Å²) in [6.45, 7) is 7.62. The van der Waals surface area contributed by atoms with E-state index in [0.29, 0.717) is 0 Å². The van der Waals surface area contributed by atoms with E-state index in [4.69, 9.17) is 0 Å². The molecule has 78 valence electrons. The Bertz CT molecular complexity index is 269. The molecule has 0 aliphatic carbocycles. The third-order valence-corrected chi connectivity index (χ3v) is 2.18. The van der Waals surface area contributed by atoms with Crippen molar-refractivity contribution in [1.29, 1.82) is 0 Å². The quantitative estimate of drug-likeness (QED) is 0.724. The fraction of sp³-hybridized carbons (Fsp3) is 0.583. The average Bonchev–Trinajstić information content (AvgIpc) is 2.12. The first kappa shape index (κ1) is 11.0. The van der Waals surface area contributed by atoms with Crippen molar-refractivity contribution in [1.82, 2.24) is 4.98 Å². The highest BCUT2D eigenvalue weighted by Gasteiger charge is 1.95. The summed E-state index contributed by atoms with van der Waals surface area (Å²) in [5.41, 5.74) is 1.26. The van der Waals surface area contributed by atoms with Gasteiger partial charge >= 0.3 is 0 Å². The lowest BCUT2D eigenvalue weighted by molar-refractivity contribution is 0.566. The molecule has 0 aliphatic rings. The molecule has 0 fully saturated rings. The molecule has 0 spiro atoms. The molecular weight excluding hydrogens is 172 g/mol. The summed E-state index contributed by atoms with van der Waals surface area (Å²) < 4.78 is 0. The molecule has 0 bridgehead atoms. The van der Waals surface area contributed by atoms with E-state index in [0.717, 1.165) is 18.3 Å². The number of anilines is 1. The largest absolute Gasteiger partial charge is 0.370 e. The summed E-state index contributed by atoms with van der Waals surface area (Å²) in [5, 5.41) is 3.33. The summed E-state index contributed by atoms with van der Waals surface area (Å²) in [6.07, 6.45) is 4.34. The zero-order chi connectivity index (χ0) is 10.4. The molecule has 1 N–H and O–H groups in total. The maximum Gasteiger partial charge on any atom is 0.126 e. The van der Waals surface area contributed by atoms with Crippen LogP contribution < -0.4 is 5.32 Å². The molecule has 0 saturated carbocycles. The molecule has 0 radical (unpaired) electrons. The van der Waals surface area contributed by atoms with E-state index in [2.05, 4.69) is 37.1 Å². The standard InChI is InChI=1S/C12H20N2/c1-10(2)5-4-7-13-12-9-11(3)6-8-14-12/h6,8-10H,4-5,7H2,1-3H3,(H,13,14). The Morgan fingerprint density at radius 2 is 2.21 bits per heavy atom. The van der Waals surface area contributed by atoms with E-state index in [-0.39, 0.29) is 0 Å². The van der Waals surface area contributed by atoms with Crippen LogP contribution in [-0.2, 0) is 0 Å². The molecular formula is C12H20N2. The van der Waals surface area contributed by atoms with Crippen molar-refractivity contribution in [3.8, 4) is 0 Å². The van der Waals surface area contributed by atoms with Gasteiger partial charge in [-0.1, -0.05) is 13.8 Å². The van der Waals surface area contributed by atoms with Gasteiger partial charge in [-0.3, -0.25) is 0 Å². The van der Waals surface area contributed by atoms with Gasteiger partial charge in [-0.25, -0.2) is 4.98 Å². The molecule has 0 aliphatic heterocycles. The van der Waals surface area contributed by atoms with Gasteiger partial charge in [0.15, 0.2) is 0 Å². The number of aryl methyl sites for hydroxylation is 1. The summed E-state index contributed by atoms with van der Waals surface area (Å²) in [6, 6.07) is 4.09. The van der Waals surface area contributed by atoms with Crippen molar-refractivity contribution in [2.75, 3.05) is 11.9 Å². The molecule has 0 aromatic carbocycles. The average molecular weight is 192 g/mol. The van der Waals surface area contributed by atoms with Crippen LogP contribution in [0.5, 0.6) is 0 Å². The highest BCUT2D eigenvalue weighted by atomic mass is 15.0. The Kier molecular flexibility index (Phi) is 4.44. The van der Waals surface area contributed by atoms with Crippen LogP contribution in [0, 0.1) is 12.8 Å². The zero-order valence-corrected chi connectivity index (χ0v) is 9.38. The lowest BCUT2D eigenvalue weighted by atomic mass is 10.1. The Morgan fingerprint density at radius 1 is 1.43 bits per heavy atom. The number of nitrogens with one attached hydrogen (secondary N) is 1. The number of hydrogen-bond acceptors (Lipinski definition) is 2. The third-order valence-electron chi connectivity index (χ3n) is 2.18. The van der Waals surface area contributed by atoms with E-state index in [1.54, 1.807) is 0 Å². The molecule has 0 amide bonds. The minimum atomic E-state index is 0.794. The number of aromatic nitrogens is 1. The molecule has 14 heavy (non-hydrogen) atoms. The lowest BCUT2D eigenvalue weighted by Crippen LogP contribution is -2.04. The van der Waals surface area contributed by atoms with Crippen molar-refractivity contribution in [2.24, 2.45) is 5.92 Å². The van der Waals surface area contributed by atoms with Crippen LogP contribution in [0.4, 0.5) is 5.82 Å². The summed E-state index contributed by atoms with van der Waals surface area (Å²) in [4.78, 5) is 4.25. The predicted octanol–water partition coefficient (Wildman–Crippen LogP) is 3.24. The number of rotatable bonds is 5. The van der Waals surface area contributed by atoms with Crippen LogP contribution in [-0.4, -0.2) is 11.5 Å². The molecule has 1 heterocycles. The van der Waals surface area contributed by atoms with Crippen LogP contribution in [0.1, 0.15) is 32.3 Å². The highest BCUT2D eigenvalue weighted by Crippen LogP contribution is 2.07. The Hall–Kier alpha value is -1.05. The van der Waals surface area contributed by atoms with E-state index < -0.39 is 0 Å². The second kappa shape index (κ2) is 5.63. The van der Waals surface area contributed by atoms with Gasteiger partial charge in [0.05, 0.1) is 0 Å². The molecule has 2 nitrogen and oxygen atoms in total. The fourth-order valence-corrected chi connectivity index (χ4v) is 1.36. The predicted molar refractivity (Wildman–Crippen MR) is 61.5 cm³/mol. The van der Waals surface area contributed by atoms with Crippen molar-refractivity contribution >= 4 is 5.82 Å². The SMILES string of the molecule is Cc1ccnc(NCCCC(C)C)c1. The number of nitrogens with zero attached hydrogens (tertiary/aromatic N) is 1. The van der Waals surface area contributed by atoms with Crippen LogP contribution >= 0.6 is 0 Å². The van der Waals surface area contributed by atoms with Crippen LogP contribution in [0.15, 0.2) is 18.3 Å².